The minimum Gasteiger partial charge on any atom is -0.338 e. The number of rotatable bonds is 3. The summed E-state index contributed by atoms with van der Waals surface area (Å²) >= 11 is 0. The van der Waals surface area contributed by atoms with Gasteiger partial charge in [0.15, 0.2) is 0 Å². The van der Waals surface area contributed by atoms with Crippen molar-refractivity contribution < 1.29 is 22.8 Å². The molecule has 0 aromatic heterocycles. The van der Waals surface area contributed by atoms with Crippen LogP contribution in [0.4, 0.5) is 23.7 Å². The quantitative estimate of drug-likeness (QED) is 0.775. The van der Waals surface area contributed by atoms with E-state index in [0.717, 1.165) is 25.2 Å². The maximum Gasteiger partial charge on any atom is 0.416 e. The highest BCUT2D eigenvalue weighted by molar-refractivity contribution is 5.90. The summed E-state index contributed by atoms with van der Waals surface area (Å²) in [5.41, 5.74) is -0.723. The Bertz CT molecular complexity index is 763. The number of amides is 3. The lowest BCUT2D eigenvalue weighted by Crippen LogP contribution is -2.61. The van der Waals surface area contributed by atoms with E-state index in [9.17, 15) is 22.8 Å². The number of halogens is 3. The molecular weight excluding hydrogens is 399 g/mol. The highest BCUT2D eigenvalue weighted by Crippen LogP contribution is 2.30. The normalized spacial score (nSPS) is 21.1. The van der Waals surface area contributed by atoms with E-state index >= 15 is 0 Å². The Morgan fingerprint density at radius 1 is 1.10 bits per heavy atom. The summed E-state index contributed by atoms with van der Waals surface area (Å²) in [6.45, 7) is 7.99. The number of hydrogen-bond acceptors (Lipinski definition) is 4. The van der Waals surface area contributed by atoms with E-state index in [0.29, 0.717) is 38.8 Å². The monoisotopic (exact) mass is 427 g/mol. The van der Waals surface area contributed by atoms with Crippen molar-refractivity contribution in [3.05, 3.63) is 29.8 Å². The van der Waals surface area contributed by atoms with Crippen LogP contribution in [-0.4, -0.2) is 84.5 Å². The van der Waals surface area contributed by atoms with Crippen molar-refractivity contribution in [1.82, 2.24) is 20.0 Å². The first-order valence-electron chi connectivity index (χ1n) is 10.1. The molecule has 2 fully saturated rings. The molecule has 166 valence electrons. The minimum absolute atomic E-state index is 0.0262. The van der Waals surface area contributed by atoms with Crippen LogP contribution in [0, 0.1) is 0 Å². The van der Waals surface area contributed by atoms with Crippen molar-refractivity contribution in [3.8, 4) is 0 Å². The highest BCUT2D eigenvalue weighted by atomic mass is 19.4. The van der Waals surface area contributed by atoms with Crippen LogP contribution in [0.25, 0.3) is 0 Å². The van der Waals surface area contributed by atoms with Gasteiger partial charge in [-0.3, -0.25) is 9.69 Å². The molecule has 7 nitrogen and oxygen atoms in total. The first-order chi connectivity index (χ1) is 14.1. The van der Waals surface area contributed by atoms with Gasteiger partial charge in [0.05, 0.1) is 11.6 Å². The number of benzene rings is 1. The molecule has 1 aromatic carbocycles. The van der Waals surface area contributed by atoms with Crippen molar-refractivity contribution in [2.24, 2.45) is 0 Å². The van der Waals surface area contributed by atoms with E-state index in [-0.39, 0.29) is 17.6 Å². The molecular formula is C20H28F3N5O2. The van der Waals surface area contributed by atoms with Crippen LogP contribution in [0.2, 0.25) is 0 Å². The van der Waals surface area contributed by atoms with Gasteiger partial charge < -0.3 is 20.4 Å². The van der Waals surface area contributed by atoms with Gasteiger partial charge in [0.2, 0.25) is 5.91 Å². The Kier molecular flexibility index (Phi) is 6.87. The molecule has 2 N–H and O–H groups in total. The van der Waals surface area contributed by atoms with Gasteiger partial charge in [-0.05, 0) is 32.0 Å². The number of alkyl halides is 3. The molecule has 30 heavy (non-hydrogen) atoms. The summed E-state index contributed by atoms with van der Waals surface area (Å²) in [6, 6.07) is 4.19. The molecule has 10 heteroatoms. The molecule has 0 unspecified atom stereocenters. The number of nitrogens with zero attached hydrogens (tertiary/aromatic N) is 3. The lowest BCUT2D eigenvalue weighted by Gasteiger charge is -2.40. The summed E-state index contributed by atoms with van der Waals surface area (Å²) in [4.78, 5) is 30.8. The Morgan fingerprint density at radius 3 is 2.40 bits per heavy atom. The van der Waals surface area contributed by atoms with Crippen LogP contribution in [0.1, 0.15) is 19.4 Å². The first kappa shape index (κ1) is 22.4. The number of anilines is 1. The number of piperazine rings is 2. The van der Waals surface area contributed by atoms with Crippen molar-refractivity contribution in [3.63, 3.8) is 0 Å². The van der Waals surface area contributed by atoms with Gasteiger partial charge in [-0.25, -0.2) is 4.79 Å². The molecule has 1 aromatic rings. The molecule has 0 spiro atoms. The predicted molar refractivity (Wildman–Crippen MR) is 107 cm³/mol. The zero-order chi connectivity index (χ0) is 21.9. The first-order valence-corrected chi connectivity index (χ1v) is 10.1. The molecule has 2 aliphatic heterocycles. The zero-order valence-corrected chi connectivity index (χ0v) is 17.2. The second-order valence-corrected chi connectivity index (χ2v) is 7.92. The van der Waals surface area contributed by atoms with E-state index in [1.807, 2.05) is 0 Å². The lowest BCUT2D eigenvalue weighted by atomic mass is 10.1. The van der Waals surface area contributed by atoms with Crippen LogP contribution in [0.15, 0.2) is 24.3 Å². The summed E-state index contributed by atoms with van der Waals surface area (Å²) < 4.78 is 38.5. The number of urea groups is 1. The highest BCUT2D eigenvalue weighted by Gasteiger charge is 2.33. The van der Waals surface area contributed by atoms with Gasteiger partial charge in [-0.1, -0.05) is 6.07 Å². The number of hydrogen-bond donors (Lipinski definition) is 2. The number of nitrogens with one attached hydrogen (secondary N) is 2. The Hall–Kier alpha value is -2.33. The van der Waals surface area contributed by atoms with E-state index in [1.54, 1.807) is 4.90 Å². The topological polar surface area (TPSA) is 67.9 Å². The fourth-order valence-corrected chi connectivity index (χ4v) is 3.73. The van der Waals surface area contributed by atoms with Gasteiger partial charge >= 0.3 is 12.2 Å². The second kappa shape index (κ2) is 9.22. The number of carbonyl (C=O) groups is 2. The van der Waals surface area contributed by atoms with E-state index < -0.39 is 17.8 Å². The van der Waals surface area contributed by atoms with Crippen LogP contribution >= 0.6 is 0 Å². The average molecular weight is 427 g/mol. The fraction of sp³-hybridized carbons (Fsp3) is 0.600. The van der Waals surface area contributed by atoms with E-state index in [4.69, 9.17) is 0 Å². The third kappa shape index (κ3) is 5.42. The van der Waals surface area contributed by atoms with Crippen LogP contribution in [-0.2, 0) is 11.0 Å². The van der Waals surface area contributed by atoms with Crippen molar-refractivity contribution >= 4 is 17.6 Å². The minimum atomic E-state index is -4.47. The van der Waals surface area contributed by atoms with Gasteiger partial charge in [0, 0.05) is 57.5 Å². The maximum absolute atomic E-state index is 12.8. The predicted octanol–water partition coefficient (Wildman–Crippen LogP) is 2.06. The fourth-order valence-electron chi connectivity index (χ4n) is 3.73. The van der Waals surface area contributed by atoms with Crippen LogP contribution in [0.3, 0.4) is 0 Å². The summed E-state index contributed by atoms with van der Waals surface area (Å²) in [5, 5.41) is 5.78. The second-order valence-electron chi connectivity index (χ2n) is 7.92. The molecule has 0 saturated carbocycles. The van der Waals surface area contributed by atoms with Crippen molar-refractivity contribution in [2.45, 2.75) is 32.1 Å². The maximum atomic E-state index is 12.8. The smallest absolute Gasteiger partial charge is 0.338 e. The molecule has 3 rings (SSSR count). The molecule has 0 bridgehead atoms. The third-order valence-corrected chi connectivity index (χ3v) is 5.55. The standard InChI is InChI=1S/C20H28F3N5O2/c1-14(2)28-7-6-24-17(13-28)18(29)26-8-10-27(11-9-26)19(30)25-16-5-3-4-15(12-16)20(21,22)23/h3-5,12,14,17,24H,6-11,13H2,1-2H3,(H,25,30)/t17-/m1/s1. The number of carbonyl (C=O) groups excluding carboxylic acids is 2. The molecule has 2 aliphatic rings. The lowest BCUT2D eigenvalue weighted by molar-refractivity contribution is -0.137. The summed E-state index contributed by atoms with van der Waals surface area (Å²) in [6.07, 6.45) is -4.47. The molecule has 2 heterocycles. The molecule has 1 atom stereocenters. The Balaban J connectivity index is 1.51. The van der Waals surface area contributed by atoms with Crippen molar-refractivity contribution in [2.75, 3.05) is 51.1 Å². The molecule has 2 saturated heterocycles. The largest absolute Gasteiger partial charge is 0.416 e. The molecule has 0 radical (unpaired) electrons. The van der Waals surface area contributed by atoms with Crippen LogP contribution < -0.4 is 10.6 Å². The van der Waals surface area contributed by atoms with Crippen molar-refractivity contribution in [1.29, 1.82) is 0 Å². The van der Waals surface area contributed by atoms with Crippen LogP contribution in [0.5, 0.6) is 0 Å². The van der Waals surface area contributed by atoms with Gasteiger partial charge in [0.25, 0.3) is 0 Å². The molecule has 0 aliphatic carbocycles. The van der Waals surface area contributed by atoms with Gasteiger partial charge in [-0.15, -0.1) is 0 Å². The Morgan fingerprint density at radius 2 is 1.77 bits per heavy atom. The summed E-state index contributed by atoms with van der Waals surface area (Å²) in [7, 11) is 0. The Labute approximate surface area is 174 Å². The summed E-state index contributed by atoms with van der Waals surface area (Å²) in [5.74, 6) is 0.0262. The zero-order valence-electron chi connectivity index (χ0n) is 17.2. The average Bonchev–Trinajstić information content (AvgIpc) is 2.73. The van der Waals surface area contributed by atoms with Gasteiger partial charge in [-0.2, -0.15) is 13.2 Å². The van der Waals surface area contributed by atoms with E-state index in [2.05, 4.69) is 29.4 Å². The van der Waals surface area contributed by atoms with E-state index in [1.165, 1.54) is 17.0 Å². The SMILES string of the molecule is CC(C)N1CCN[C@@H](C(=O)N2CCN(C(=O)Nc3cccc(C(F)(F)F)c3)CC2)C1. The third-order valence-electron chi connectivity index (χ3n) is 5.55. The molecule has 3 amide bonds. The van der Waals surface area contributed by atoms with Gasteiger partial charge in [0.1, 0.15) is 0 Å².